The average Bonchev–Trinajstić information content (AvgIpc) is 3.23. The number of benzene rings is 3. The van der Waals surface area contributed by atoms with E-state index in [2.05, 4.69) is 5.32 Å². The standard InChI is InChI=1S/C26H24Cl2N4O/c1-31(2)25(19-6-4-3-5-7-19)26(33)29-17-22-16-24(18-8-10-20(27)11-9-18)32(30-22)23-14-12-21(28)13-15-23/h3-16,25H,17H2,1-2H3,(H,29,33)/t25-/m0/s1. The quantitative estimate of drug-likeness (QED) is 0.367. The molecular formula is C26H24Cl2N4O. The highest BCUT2D eigenvalue weighted by atomic mass is 35.5. The van der Waals surface area contributed by atoms with Crippen molar-refractivity contribution in [3.63, 3.8) is 0 Å². The van der Waals surface area contributed by atoms with Crippen LogP contribution in [-0.2, 0) is 11.3 Å². The van der Waals surface area contributed by atoms with E-state index in [9.17, 15) is 4.79 Å². The van der Waals surface area contributed by atoms with Gasteiger partial charge in [0, 0.05) is 15.6 Å². The molecule has 4 rings (SSSR count). The van der Waals surface area contributed by atoms with Crippen molar-refractivity contribution in [1.29, 1.82) is 0 Å². The molecule has 1 amide bonds. The average molecular weight is 479 g/mol. The second-order valence-corrected chi connectivity index (χ2v) is 8.78. The molecule has 0 unspecified atom stereocenters. The monoisotopic (exact) mass is 478 g/mol. The lowest BCUT2D eigenvalue weighted by Gasteiger charge is -2.23. The molecule has 0 aliphatic rings. The van der Waals surface area contributed by atoms with Crippen molar-refractivity contribution >= 4 is 29.1 Å². The van der Waals surface area contributed by atoms with Crippen LogP contribution in [0.25, 0.3) is 16.9 Å². The molecule has 0 aliphatic heterocycles. The predicted octanol–water partition coefficient (Wildman–Crippen LogP) is 5.77. The molecule has 1 aromatic heterocycles. The van der Waals surface area contributed by atoms with Crippen LogP contribution in [-0.4, -0.2) is 34.7 Å². The Morgan fingerprint density at radius 2 is 1.55 bits per heavy atom. The van der Waals surface area contributed by atoms with E-state index in [4.69, 9.17) is 28.3 Å². The Balaban J connectivity index is 1.61. The molecule has 1 heterocycles. The van der Waals surface area contributed by atoms with Crippen LogP contribution in [0.3, 0.4) is 0 Å². The van der Waals surface area contributed by atoms with Crippen LogP contribution >= 0.6 is 23.2 Å². The number of aromatic nitrogens is 2. The zero-order valence-electron chi connectivity index (χ0n) is 18.4. The fourth-order valence-electron chi connectivity index (χ4n) is 3.72. The third kappa shape index (κ3) is 5.45. The minimum absolute atomic E-state index is 0.0831. The number of likely N-dealkylation sites (N-methyl/N-ethyl adjacent to an activating group) is 1. The minimum Gasteiger partial charge on any atom is -0.349 e. The van der Waals surface area contributed by atoms with E-state index >= 15 is 0 Å². The van der Waals surface area contributed by atoms with Gasteiger partial charge in [-0.15, -0.1) is 0 Å². The highest BCUT2D eigenvalue weighted by molar-refractivity contribution is 6.30. The van der Waals surface area contributed by atoms with Crippen LogP contribution < -0.4 is 5.32 Å². The molecule has 33 heavy (non-hydrogen) atoms. The molecule has 0 saturated heterocycles. The van der Waals surface area contributed by atoms with Crippen LogP contribution in [0.5, 0.6) is 0 Å². The van der Waals surface area contributed by atoms with Crippen LogP contribution in [0.15, 0.2) is 84.9 Å². The molecule has 0 saturated carbocycles. The molecule has 0 bridgehead atoms. The van der Waals surface area contributed by atoms with Gasteiger partial charge in [0.25, 0.3) is 0 Å². The number of carbonyl (C=O) groups is 1. The van der Waals surface area contributed by atoms with E-state index in [-0.39, 0.29) is 11.9 Å². The van der Waals surface area contributed by atoms with Crippen LogP contribution in [0.4, 0.5) is 0 Å². The molecule has 4 aromatic rings. The first-order chi connectivity index (χ1) is 15.9. The van der Waals surface area contributed by atoms with Crippen molar-refractivity contribution in [2.24, 2.45) is 0 Å². The third-order valence-electron chi connectivity index (χ3n) is 5.29. The fourth-order valence-corrected chi connectivity index (χ4v) is 3.97. The first-order valence-electron chi connectivity index (χ1n) is 10.5. The summed E-state index contributed by atoms with van der Waals surface area (Å²) >= 11 is 12.2. The Hall–Kier alpha value is -3.12. The summed E-state index contributed by atoms with van der Waals surface area (Å²) in [5, 5.41) is 9.13. The minimum atomic E-state index is -0.389. The zero-order valence-corrected chi connectivity index (χ0v) is 19.9. The Labute approximate surface area is 203 Å². The van der Waals surface area contributed by atoms with E-state index in [0.29, 0.717) is 16.6 Å². The normalized spacial score (nSPS) is 12.0. The molecule has 0 fully saturated rings. The van der Waals surface area contributed by atoms with Gasteiger partial charge < -0.3 is 5.32 Å². The number of rotatable bonds is 7. The topological polar surface area (TPSA) is 50.2 Å². The largest absolute Gasteiger partial charge is 0.349 e. The number of halogens is 2. The first-order valence-corrected chi connectivity index (χ1v) is 11.3. The van der Waals surface area contributed by atoms with Gasteiger partial charge >= 0.3 is 0 Å². The number of amides is 1. The smallest absolute Gasteiger partial charge is 0.242 e. The second kappa shape index (κ2) is 10.2. The van der Waals surface area contributed by atoms with Crippen molar-refractivity contribution < 1.29 is 4.79 Å². The maximum atomic E-state index is 13.0. The maximum Gasteiger partial charge on any atom is 0.242 e. The van der Waals surface area contributed by atoms with Gasteiger partial charge in [-0.2, -0.15) is 5.10 Å². The summed E-state index contributed by atoms with van der Waals surface area (Å²) < 4.78 is 1.85. The van der Waals surface area contributed by atoms with E-state index < -0.39 is 0 Å². The summed E-state index contributed by atoms with van der Waals surface area (Å²) in [6, 6.07) is 26.4. The van der Waals surface area contributed by atoms with Crippen molar-refractivity contribution in [2.45, 2.75) is 12.6 Å². The molecule has 3 aromatic carbocycles. The Kier molecular flexibility index (Phi) is 7.14. The van der Waals surface area contributed by atoms with Gasteiger partial charge in [0.1, 0.15) is 6.04 Å². The highest BCUT2D eigenvalue weighted by Gasteiger charge is 2.23. The summed E-state index contributed by atoms with van der Waals surface area (Å²) in [6.07, 6.45) is 0. The SMILES string of the molecule is CN(C)[C@H](C(=O)NCc1cc(-c2ccc(Cl)cc2)n(-c2ccc(Cl)cc2)n1)c1ccccc1. The van der Waals surface area contributed by atoms with Crippen molar-refractivity contribution in [3.8, 4) is 16.9 Å². The fraction of sp³-hybridized carbons (Fsp3) is 0.154. The molecule has 0 spiro atoms. The Morgan fingerprint density at radius 3 is 2.15 bits per heavy atom. The first kappa shape index (κ1) is 23.1. The Morgan fingerprint density at radius 1 is 0.939 bits per heavy atom. The second-order valence-electron chi connectivity index (χ2n) is 7.91. The van der Waals surface area contributed by atoms with Crippen LogP contribution in [0.2, 0.25) is 10.0 Å². The number of hydrogen-bond donors (Lipinski definition) is 1. The van der Waals surface area contributed by atoms with Crippen molar-refractivity contribution in [2.75, 3.05) is 14.1 Å². The highest BCUT2D eigenvalue weighted by Crippen LogP contribution is 2.26. The molecule has 5 nitrogen and oxygen atoms in total. The summed E-state index contributed by atoms with van der Waals surface area (Å²) in [4.78, 5) is 14.9. The molecule has 1 atom stereocenters. The van der Waals surface area contributed by atoms with Gasteiger partial charge in [-0.25, -0.2) is 4.68 Å². The molecule has 168 valence electrons. The summed E-state index contributed by atoms with van der Waals surface area (Å²) in [5.41, 5.74) is 4.42. The van der Waals surface area contributed by atoms with E-state index in [1.807, 2.05) is 109 Å². The summed E-state index contributed by atoms with van der Waals surface area (Å²) in [7, 11) is 3.79. The van der Waals surface area contributed by atoms with Gasteiger partial charge in [0.15, 0.2) is 0 Å². The van der Waals surface area contributed by atoms with E-state index in [1.165, 1.54) is 0 Å². The van der Waals surface area contributed by atoms with Crippen molar-refractivity contribution in [1.82, 2.24) is 20.0 Å². The van der Waals surface area contributed by atoms with Gasteiger partial charge in [-0.3, -0.25) is 9.69 Å². The van der Waals surface area contributed by atoms with E-state index in [0.717, 1.165) is 28.2 Å². The molecule has 0 radical (unpaired) electrons. The Bertz CT molecular complexity index is 1160. The van der Waals surface area contributed by atoms with Crippen LogP contribution in [0, 0.1) is 0 Å². The number of carbonyl (C=O) groups excluding carboxylic acids is 1. The lowest BCUT2D eigenvalue weighted by atomic mass is 10.1. The lowest BCUT2D eigenvalue weighted by Crippen LogP contribution is -2.36. The molecular weight excluding hydrogens is 455 g/mol. The maximum absolute atomic E-state index is 13.0. The number of nitrogens with one attached hydrogen (secondary N) is 1. The van der Waals surface area contributed by atoms with Crippen LogP contribution in [0.1, 0.15) is 17.3 Å². The third-order valence-corrected chi connectivity index (χ3v) is 5.80. The van der Waals surface area contributed by atoms with Gasteiger partial charge in [-0.1, -0.05) is 65.7 Å². The predicted molar refractivity (Wildman–Crippen MR) is 134 cm³/mol. The summed E-state index contributed by atoms with van der Waals surface area (Å²) in [6.45, 7) is 0.303. The lowest BCUT2D eigenvalue weighted by molar-refractivity contribution is -0.126. The number of nitrogens with zero attached hydrogens (tertiary/aromatic N) is 3. The number of hydrogen-bond acceptors (Lipinski definition) is 3. The van der Waals surface area contributed by atoms with Gasteiger partial charge in [0.05, 0.1) is 23.6 Å². The van der Waals surface area contributed by atoms with Crippen molar-refractivity contribution in [3.05, 3.63) is 106 Å². The van der Waals surface area contributed by atoms with E-state index in [1.54, 1.807) is 0 Å². The summed E-state index contributed by atoms with van der Waals surface area (Å²) in [5.74, 6) is -0.0831. The molecule has 7 heteroatoms. The molecule has 0 aliphatic carbocycles. The van der Waals surface area contributed by atoms with Gasteiger partial charge in [0.2, 0.25) is 5.91 Å². The van der Waals surface area contributed by atoms with Gasteiger partial charge in [-0.05, 0) is 62.1 Å². The zero-order chi connectivity index (χ0) is 23.4. The molecule has 1 N–H and O–H groups in total.